The van der Waals surface area contributed by atoms with Crippen molar-refractivity contribution in [3.05, 3.63) is 35.4 Å². The molecule has 0 aromatic heterocycles. The highest BCUT2D eigenvalue weighted by Crippen LogP contribution is 2.44. The number of piperidine rings is 1. The first-order valence-electron chi connectivity index (χ1n) is 6.27. The van der Waals surface area contributed by atoms with Crippen molar-refractivity contribution in [2.75, 3.05) is 19.6 Å². The number of carboxylic acid groups (broad SMARTS) is 1. The molecular weight excluding hydrogens is 214 g/mol. The molecule has 3 heteroatoms. The van der Waals surface area contributed by atoms with Crippen molar-refractivity contribution in [3.8, 4) is 0 Å². The van der Waals surface area contributed by atoms with Gasteiger partial charge in [0.1, 0.15) is 0 Å². The summed E-state index contributed by atoms with van der Waals surface area (Å²) in [6, 6.07) is 7.33. The lowest BCUT2D eigenvalue weighted by atomic mass is 10.0. The fraction of sp³-hybridized carbons (Fsp3) is 0.500. The molecule has 1 saturated carbocycles. The second-order valence-electron chi connectivity index (χ2n) is 5.23. The molecule has 1 N–H and O–H groups in total. The minimum atomic E-state index is -0.815. The van der Waals surface area contributed by atoms with E-state index < -0.39 is 5.97 Å². The second kappa shape index (κ2) is 4.15. The quantitative estimate of drug-likeness (QED) is 0.860. The van der Waals surface area contributed by atoms with E-state index in [4.69, 9.17) is 5.11 Å². The van der Waals surface area contributed by atoms with Gasteiger partial charge in [-0.1, -0.05) is 18.2 Å². The highest BCUT2D eigenvalue weighted by atomic mass is 16.4. The van der Waals surface area contributed by atoms with Crippen LogP contribution >= 0.6 is 0 Å². The smallest absolute Gasteiger partial charge is 0.335 e. The zero-order valence-electron chi connectivity index (χ0n) is 9.80. The molecule has 0 bridgehead atoms. The van der Waals surface area contributed by atoms with Crippen molar-refractivity contribution in [3.63, 3.8) is 0 Å². The molecule has 2 aliphatic rings. The van der Waals surface area contributed by atoms with Crippen LogP contribution in [-0.2, 0) is 6.42 Å². The van der Waals surface area contributed by atoms with E-state index in [1.54, 1.807) is 12.1 Å². The van der Waals surface area contributed by atoms with Gasteiger partial charge in [0.2, 0.25) is 0 Å². The van der Waals surface area contributed by atoms with Crippen molar-refractivity contribution in [2.24, 2.45) is 11.8 Å². The van der Waals surface area contributed by atoms with Gasteiger partial charge in [-0.2, -0.15) is 0 Å². The Morgan fingerprint density at radius 2 is 2.00 bits per heavy atom. The van der Waals surface area contributed by atoms with Gasteiger partial charge in [0.25, 0.3) is 0 Å². The van der Waals surface area contributed by atoms with Gasteiger partial charge in [-0.15, -0.1) is 0 Å². The van der Waals surface area contributed by atoms with E-state index in [-0.39, 0.29) is 0 Å². The molecule has 0 spiro atoms. The first-order chi connectivity index (χ1) is 8.24. The van der Waals surface area contributed by atoms with Gasteiger partial charge in [-0.3, -0.25) is 0 Å². The zero-order valence-corrected chi connectivity index (χ0v) is 9.80. The number of likely N-dealkylation sites (tertiary alicyclic amines) is 1. The van der Waals surface area contributed by atoms with Crippen LogP contribution < -0.4 is 0 Å². The lowest BCUT2D eigenvalue weighted by Crippen LogP contribution is -2.25. The SMILES string of the molecule is O=C(O)c1ccccc1CCN1CC2CC2C1. The lowest BCUT2D eigenvalue weighted by Gasteiger charge is -2.17. The van der Waals surface area contributed by atoms with Crippen molar-refractivity contribution in [2.45, 2.75) is 12.8 Å². The maximum atomic E-state index is 11.1. The third-order valence-corrected chi connectivity index (χ3v) is 4.00. The minimum absolute atomic E-state index is 0.455. The van der Waals surface area contributed by atoms with Gasteiger partial charge in [-0.05, 0) is 36.3 Å². The fourth-order valence-electron chi connectivity index (χ4n) is 2.90. The Bertz CT molecular complexity index is 434. The summed E-state index contributed by atoms with van der Waals surface area (Å²) < 4.78 is 0. The Balaban J connectivity index is 1.62. The summed E-state index contributed by atoms with van der Waals surface area (Å²) in [4.78, 5) is 13.5. The molecule has 2 atom stereocenters. The van der Waals surface area contributed by atoms with Crippen molar-refractivity contribution < 1.29 is 9.90 Å². The molecule has 2 unspecified atom stereocenters. The zero-order chi connectivity index (χ0) is 11.8. The average molecular weight is 231 g/mol. The molecule has 1 aliphatic heterocycles. The predicted molar refractivity (Wildman–Crippen MR) is 65.1 cm³/mol. The second-order valence-corrected chi connectivity index (χ2v) is 5.23. The van der Waals surface area contributed by atoms with Gasteiger partial charge < -0.3 is 10.0 Å². The standard InChI is InChI=1S/C14H17NO2/c16-14(17)13-4-2-1-3-10(13)5-6-15-8-11-7-12(11)9-15/h1-4,11-12H,5-9H2,(H,16,17). The van der Waals surface area contributed by atoms with Crippen molar-refractivity contribution >= 4 is 5.97 Å². The number of nitrogens with zero attached hydrogens (tertiary/aromatic N) is 1. The van der Waals surface area contributed by atoms with Crippen molar-refractivity contribution in [1.82, 2.24) is 4.90 Å². The summed E-state index contributed by atoms with van der Waals surface area (Å²) in [7, 11) is 0. The van der Waals surface area contributed by atoms with E-state index in [2.05, 4.69) is 4.90 Å². The maximum absolute atomic E-state index is 11.1. The Morgan fingerprint density at radius 1 is 1.29 bits per heavy atom. The molecule has 0 amide bonds. The third-order valence-electron chi connectivity index (χ3n) is 4.00. The highest BCUT2D eigenvalue weighted by Gasteiger charge is 2.44. The summed E-state index contributed by atoms with van der Waals surface area (Å²) in [5.41, 5.74) is 1.41. The Hall–Kier alpha value is -1.35. The lowest BCUT2D eigenvalue weighted by molar-refractivity contribution is 0.0695. The molecule has 90 valence electrons. The van der Waals surface area contributed by atoms with Gasteiger partial charge in [-0.25, -0.2) is 4.79 Å². The summed E-state index contributed by atoms with van der Waals surface area (Å²) in [6.45, 7) is 3.44. The normalized spacial score (nSPS) is 26.8. The molecule has 1 aliphatic carbocycles. The van der Waals surface area contributed by atoms with Crippen LogP contribution in [-0.4, -0.2) is 35.6 Å². The van der Waals surface area contributed by atoms with Gasteiger partial charge in [0, 0.05) is 19.6 Å². The fourth-order valence-corrected chi connectivity index (χ4v) is 2.90. The number of carboxylic acids is 1. The van der Waals surface area contributed by atoms with Crippen molar-refractivity contribution in [1.29, 1.82) is 0 Å². The number of benzene rings is 1. The number of fused-ring (bicyclic) bond motifs is 1. The molecule has 0 radical (unpaired) electrons. The Morgan fingerprint density at radius 3 is 2.71 bits per heavy atom. The topological polar surface area (TPSA) is 40.5 Å². The summed E-state index contributed by atoms with van der Waals surface area (Å²) in [5, 5.41) is 9.09. The third kappa shape index (κ3) is 2.20. The first-order valence-corrected chi connectivity index (χ1v) is 6.27. The van der Waals surface area contributed by atoms with E-state index in [0.717, 1.165) is 30.4 Å². The first kappa shape index (κ1) is 10.8. The largest absolute Gasteiger partial charge is 0.478 e. The molecular formula is C14H17NO2. The van der Waals surface area contributed by atoms with Crippen LogP contribution in [0.3, 0.4) is 0 Å². The monoisotopic (exact) mass is 231 g/mol. The number of hydrogen-bond acceptors (Lipinski definition) is 2. The van der Waals surface area contributed by atoms with E-state index >= 15 is 0 Å². The van der Waals surface area contributed by atoms with E-state index in [1.807, 2.05) is 12.1 Å². The van der Waals surface area contributed by atoms with Crippen LogP contribution in [0.25, 0.3) is 0 Å². The molecule has 3 nitrogen and oxygen atoms in total. The van der Waals surface area contributed by atoms with Crippen LogP contribution in [0.4, 0.5) is 0 Å². The van der Waals surface area contributed by atoms with Gasteiger partial charge >= 0.3 is 5.97 Å². The summed E-state index contributed by atoms with van der Waals surface area (Å²) >= 11 is 0. The minimum Gasteiger partial charge on any atom is -0.478 e. The number of rotatable bonds is 4. The summed E-state index contributed by atoms with van der Waals surface area (Å²) in [6.07, 6.45) is 2.27. The van der Waals surface area contributed by atoms with Crippen LogP contribution in [0.2, 0.25) is 0 Å². The summed E-state index contributed by atoms with van der Waals surface area (Å²) in [5.74, 6) is 1.08. The molecule has 1 aromatic rings. The molecule has 17 heavy (non-hydrogen) atoms. The molecule has 1 aromatic carbocycles. The highest BCUT2D eigenvalue weighted by molar-refractivity contribution is 5.89. The Kier molecular flexibility index (Phi) is 2.63. The maximum Gasteiger partial charge on any atom is 0.335 e. The Labute approximate surface area is 101 Å². The van der Waals surface area contributed by atoms with Gasteiger partial charge in [0.15, 0.2) is 0 Å². The number of aromatic carboxylic acids is 1. The van der Waals surface area contributed by atoms with E-state index in [1.165, 1.54) is 19.5 Å². The molecule has 3 rings (SSSR count). The molecule has 2 fully saturated rings. The number of carbonyl (C=O) groups is 1. The van der Waals surface area contributed by atoms with Gasteiger partial charge in [0.05, 0.1) is 5.56 Å². The number of hydrogen-bond donors (Lipinski definition) is 1. The van der Waals surface area contributed by atoms with Crippen LogP contribution in [0.5, 0.6) is 0 Å². The molecule has 1 heterocycles. The predicted octanol–water partition coefficient (Wildman–Crippen LogP) is 1.88. The molecule has 1 saturated heterocycles. The van der Waals surface area contributed by atoms with E-state index in [9.17, 15) is 4.79 Å². The van der Waals surface area contributed by atoms with Crippen LogP contribution in [0, 0.1) is 11.8 Å². The van der Waals surface area contributed by atoms with Crippen LogP contribution in [0.1, 0.15) is 22.3 Å². The van der Waals surface area contributed by atoms with Crippen LogP contribution in [0.15, 0.2) is 24.3 Å². The van der Waals surface area contributed by atoms with E-state index in [0.29, 0.717) is 5.56 Å². The average Bonchev–Trinajstić information content (AvgIpc) is 2.94.